The van der Waals surface area contributed by atoms with Crippen LogP contribution in [-0.4, -0.2) is 14.7 Å². The molecule has 0 aliphatic carbocycles. The standard InChI is InChI=1S/C14H22O3S/c1-10(2)13-6-12(9-17-18(5,15)16)7-14(8-13)11(3)4/h6-8,10-11H,9H2,1-5H3. The van der Waals surface area contributed by atoms with Crippen LogP contribution in [0.15, 0.2) is 18.2 Å². The highest BCUT2D eigenvalue weighted by molar-refractivity contribution is 7.85. The van der Waals surface area contributed by atoms with E-state index >= 15 is 0 Å². The lowest BCUT2D eigenvalue weighted by atomic mass is 9.93. The molecule has 0 N–H and O–H groups in total. The van der Waals surface area contributed by atoms with Gasteiger partial charge in [-0.2, -0.15) is 8.42 Å². The first-order valence-electron chi connectivity index (χ1n) is 6.17. The number of hydrogen-bond acceptors (Lipinski definition) is 3. The lowest BCUT2D eigenvalue weighted by Gasteiger charge is -2.14. The van der Waals surface area contributed by atoms with E-state index < -0.39 is 10.1 Å². The summed E-state index contributed by atoms with van der Waals surface area (Å²) >= 11 is 0. The molecule has 0 radical (unpaired) electrons. The van der Waals surface area contributed by atoms with Gasteiger partial charge in [-0.3, -0.25) is 4.18 Å². The zero-order valence-corrected chi connectivity index (χ0v) is 12.5. The normalized spacial score (nSPS) is 12.4. The van der Waals surface area contributed by atoms with Crippen molar-refractivity contribution < 1.29 is 12.6 Å². The Morgan fingerprint density at radius 2 is 1.44 bits per heavy atom. The van der Waals surface area contributed by atoms with E-state index in [4.69, 9.17) is 4.18 Å². The van der Waals surface area contributed by atoms with Gasteiger partial charge >= 0.3 is 0 Å². The smallest absolute Gasteiger partial charge is 0.264 e. The van der Waals surface area contributed by atoms with Crippen LogP contribution in [0, 0.1) is 0 Å². The fourth-order valence-electron chi connectivity index (χ4n) is 1.67. The molecule has 0 unspecified atom stereocenters. The van der Waals surface area contributed by atoms with E-state index in [0.29, 0.717) is 11.8 Å². The summed E-state index contributed by atoms with van der Waals surface area (Å²) in [4.78, 5) is 0. The third kappa shape index (κ3) is 4.78. The molecule has 0 bridgehead atoms. The maximum absolute atomic E-state index is 11.0. The van der Waals surface area contributed by atoms with E-state index in [1.165, 1.54) is 11.1 Å². The second-order valence-corrected chi connectivity index (χ2v) is 6.93. The minimum atomic E-state index is -3.39. The maximum atomic E-state index is 11.0. The summed E-state index contributed by atoms with van der Waals surface area (Å²) in [5.41, 5.74) is 3.34. The van der Waals surface area contributed by atoms with Gasteiger partial charge in [0.2, 0.25) is 0 Å². The van der Waals surface area contributed by atoms with Crippen molar-refractivity contribution in [3.8, 4) is 0 Å². The monoisotopic (exact) mass is 270 g/mol. The largest absolute Gasteiger partial charge is 0.265 e. The van der Waals surface area contributed by atoms with Crippen molar-refractivity contribution in [2.24, 2.45) is 0 Å². The molecule has 0 spiro atoms. The molecule has 0 fully saturated rings. The Morgan fingerprint density at radius 1 is 1.00 bits per heavy atom. The van der Waals surface area contributed by atoms with Gasteiger partial charge in [-0.1, -0.05) is 45.9 Å². The minimum Gasteiger partial charge on any atom is -0.265 e. The van der Waals surface area contributed by atoms with Crippen molar-refractivity contribution in [1.82, 2.24) is 0 Å². The Kier molecular flexibility index (Phi) is 4.93. The molecule has 0 saturated carbocycles. The molecule has 1 rings (SSSR count). The SMILES string of the molecule is CC(C)c1cc(COS(C)(=O)=O)cc(C(C)C)c1. The first kappa shape index (κ1) is 15.2. The summed E-state index contributed by atoms with van der Waals surface area (Å²) in [6.45, 7) is 8.61. The van der Waals surface area contributed by atoms with E-state index in [2.05, 4.69) is 33.8 Å². The van der Waals surface area contributed by atoms with E-state index in [1.54, 1.807) is 0 Å². The van der Waals surface area contributed by atoms with Crippen molar-refractivity contribution >= 4 is 10.1 Å². The van der Waals surface area contributed by atoms with Crippen molar-refractivity contribution in [2.75, 3.05) is 6.26 Å². The first-order valence-corrected chi connectivity index (χ1v) is 7.99. The molecule has 1 aromatic carbocycles. The average molecular weight is 270 g/mol. The van der Waals surface area contributed by atoms with Crippen molar-refractivity contribution in [1.29, 1.82) is 0 Å². The summed E-state index contributed by atoms with van der Waals surface area (Å²) < 4.78 is 26.9. The second-order valence-electron chi connectivity index (χ2n) is 5.28. The van der Waals surface area contributed by atoms with Gasteiger partial charge in [0.25, 0.3) is 10.1 Å². The highest BCUT2D eigenvalue weighted by atomic mass is 32.2. The van der Waals surface area contributed by atoms with Crippen LogP contribution in [0.5, 0.6) is 0 Å². The van der Waals surface area contributed by atoms with Gasteiger partial charge in [0.1, 0.15) is 0 Å². The van der Waals surface area contributed by atoms with Crippen molar-refractivity contribution in [2.45, 2.75) is 46.1 Å². The zero-order chi connectivity index (χ0) is 13.9. The van der Waals surface area contributed by atoms with E-state index in [0.717, 1.165) is 11.8 Å². The summed E-state index contributed by atoms with van der Waals surface area (Å²) in [7, 11) is -3.39. The molecule has 102 valence electrons. The molecule has 1 aromatic rings. The van der Waals surface area contributed by atoms with Gasteiger partial charge in [0, 0.05) is 0 Å². The lowest BCUT2D eigenvalue weighted by molar-refractivity contribution is 0.311. The molecule has 0 heterocycles. The molecule has 3 nitrogen and oxygen atoms in total. The maximum Gasteiger partial charge on any atom is 0.264 e. The Morgan fingerprint density at radius 3 is 1.78 bits per heavy atom. The molecular formula is C14H22O3S. The summed E-state index contributed by atoms with van der Waals surface area (Å²) in [6.07, 6.45) is 1.07. The molecule has 0 saturated heterocycles. The van der Waals surface area contributed by atoms with E-state index in [1.807, 2.05) is 12.1 Å². The van der Waals surface area contributed by atoms with Crippen LogP contribution in [0.25, 0.3) is 0 Å². The van der Waals surface area contributed by atoms with Gasteiger partial charge in [-0.15, -0.1) is 0 Å². The van der Waals surface area contributed by atoms with Crippen LogP contribution in [0.2, 0.25) is 0 Å². The summed E-state index contributed by atoms with van der Waals surface area (Å²) in [5, 5.41) is 0. The van der Waals surface area contributed by atoms with Gasteiger partial charge < -0.3 is 0 Å². The second kappa shape index (κ2) is 5.85. The molecule has 0 aliphatic rings. The average Bonchev–Trinajstić information content (AvgIpc) is 2.25. The molecule has 0 atom stereocenters. The van der Waals surface area contributed by atoms with Crippen LogP contribution in [0.1, 0.15) is 56.2 Å². The number of hydrogen-bond donors (Lipinski definition) is 0. The van der Waals surface area contributed by atoms with Gasteiger partial charge in [-0.05, 0) is 28.5 Å². The predicted octanol–water partition coefficient (Wildman–Crippen LogP) is 3.41. The molecule has 0 amide bonds. The Labute approximate surface area is 110 Å². The Hall–Kier alpha value is -0.870. The van der Waals surface area contributed by atoms with Crippen molar-refractivity contribution in [3.05, 3.63) is 34.9 Å². The van der Waals surface area contributed by atoms with Crippen LogP contribution >= 0.6 is 0 Å². The van der Waals surface area contributed by atoms with Gasteiger partial charge in [0.05, 0.1) is 12.9 Å². The fraction of sp³-hybridized carbons (Fsp3) is 0.571. The third-order valence-electron chi connectivity index (χ3n) is 2.81. The summed E-state index contributed by atoms with van der Waals surface area (Å²) in [5.74, 6) is 0.835. The van der Waals surface area contributed by atoms with Crippen LogP contribution in [0.3, 0.4) is 0 Å². The zero-order valence-electron chi connectivity index (χ0n) is 11.7. The van der Waals surface area contributed by atoms with Crippen LogP contribution in [0.4, 0.5) is 0 Å². The molecular weight excluding hydrogens is 248 g/mol. The molecule has 18 heavy (non-hydrogen) atoms. The lowest BCUT2D eigenvalue weighted by Crippen LogP contribution is -2.04. The highest BCUT2D eigenvalue weighted by Gasteiger charge is 2.09. The predicted molar refractivity (Wildman–Crippen MR) is 74.3 cm³/mol. The molecule has 0 aliphatic heterocycles. The molecule has 4 heteroatoms. The third-order valence-corrected chi connectivity index (χ3v) is 3.36. The van der Waals surface area contributed by atoms with E-state index in [9.17, 15) is 8.42 Å². The minimum absolute atomic E-state index is 0.110. The summed E-state index contributed by atoms with van der Waals surface area (Å²) in [6, 6.07) is 6.21. The molecule has 0 aromatic heterocycles. The van der Waals surface area contributed by atoms with E-state index in [-0.39, 0.29) is 6.61 Å². The number of rotatable bonds is 5. The highest BCUT2D eigenvalue weighted by Crippen LogP contribution is 2.24. The first-order chi connectivity index (χ1) is 8.19. The van der Waals surface area contributed by atoms with Crippen LogP contribution in [-0.2, 0) is 20.9 Å². The quantitative estimate of drug-likeness (QED) is 0.770. The Balaban J connectivity index is 3.03. The van der Waals surface area contributed by atoms with Gasteiger partial charge in [-0.25, -0.2) is 0 Å². The number of benzene rings is 1. The van der Waals surface area contributed by atoms with Crippen molar-refractivity contribution in [3.63, 3.8) is 0 Å². The Bertz CT molecular complexity index is 476. The van der Waals surface area contributed by atoms with Crippen LogP contribution < -0.4 is 0 Å². The fourth-order valence-corrected chi connectivity index (χ4v) is 2.02. The van der Waals surface area contributed by atoms with Gasteiger partial charge in [0.15, 0.2) is 0 Å². The topological polar surface area (TPSA) is 43.4 Å².